The Bertz CT molecular complexity index is 420. The molecule has 4 fully saturated rings. The van der Waals surface area contributed by atoms with E-state index in [1.807, 2.05) is 0 Å². The Hall–Kier alpha value is 0.177. The lowest BCUT2D eigenvalue weighted by Gasteiger charge is -2.52. The molecule has 1 nitrogen and oxygen atoms in total. The van der Waals surface area contributed by atoms with E-state index in [1.165, 1.54) is 167 Å². The Labute approximate surface area is 202 Å². The van der Waals surface area contributed by atoms with Crippen molar-refractivity contribution in [1.82, 2.24) is 0 Å². The van der Waals surface area contributed by atoms with Gasteiger partial charge in [-0.05, 0) is 29.5 Å². The summed E-state index contributed by atoms with van der Waals surface area (Å²) in [5, 5.41) is 0. The first kappa shape index (κ1) is 25.3. The minimum atomic E-state index is -1.84. The molecular weight excluding hydrogens is 404 g/mol. The molecule has 0 amide bonds. The highest BCUT2D eigenvalue weighted by Crippen LogP contribution is 2.56. The van der Waals surface area contributed by atoms with Crippen LogP contribution in [-0.2, 0) is 4.43 Å². The summed E-state index contributed by atoms with van der Waals surface area (Å²) in [5.74, 6) is 0. The molecule has 0 spiro atoms. The van der Waals surface area contributed by atoms with Gasteiger partial charge in [0.1, 0.15) is 0 Å². The zero-order valence-electron chi connectivity index (χ0n) is 21.6. The maximum Gasteiger partial charge on any atom is 0.202 e. The Kier molecular flexibility index (Phi) is 11.0. The van der Waals surface area contributed by atoms with E-state index in [-0.39, 0.29) is 0 Å². The third kappa shape index (κ3) is 6.86. The molecule has 4 aliphatic rings. The van der Waals surface area contributed by atoms with Crippen molar-refractivity contribution in [3.8, 4) is 0 Å². The molecule has 0 unspecified atom stereocenters. The van der Waals surface area contributed by atoms with E-state index in [0.29, 0.717) is 6.10 Å². The molecule has 0 heterocycles. The summed E-state index contributed by atoms with van der Waals surface area (Å²) in [4.78, 5) is 0. The molecule has 0 aliphatic heterocycles. The summed E-state index contributed by atoms with van der Waals surface area (Å²) in [5.41, 5.74) is 2.95. The largest absolute Gasteiger partial charge is 0.413 e. The Morgan fingerprint density at radius 2 is 0.562 bits per heavy atom. The van der Waals surface area contributed by atoms with Gasteiger partial charge in [0.05, 0.1) is 0 Å². The van der Waals surface area contributed by atoms with Gasteiger partial charge in [-0.1, -0.05) is 154 Å². The smallest absolute Gasteiger partial charge is 0.202 e. The predicted octanol–water partition coefficient (Wildman–Crippen LogP) is 10.6. The minimum absolute atomic E-state index is 0.636. The van der Waals surface area contributed by atoms with Crippen molar-refractivity contribution >= 4 is 8.32 Å². The summed E-state index contributed by atoms with van der Waals surface area (Å²) in [7, 11) is -1.84. The Balaban J connectivity index is 1.68. The van der Waals surface area contributed by atoms with Crippen LogP contribution in [0.3, 0.4) is 0 Å². The molecule has 0 saturated heterocycles. The van der Waals surface area contributed by atoms with Gasteiger partial charge in [0, 0.05) is 6.10 Å². The summed E-state index contributed by atoms with van der Waals surface area (Å²) in [6.45, 7) is 0. The van der Waals surface area contributed by atoms with Crippen molar-refractivity contribution in [2.75, 3.05) is 0 Å². The van der Waals surface area contributed by atoms with Gasteiger partial charge < -0.3 is 4.43 Å². The van der Waals surface area contributed by atoms with E-state index in [9.17, 15) is 0 Å². The lowest BCUT2D eigenvalue weighted by atomic mass is 9.98. The van der Waals surface area contributed by atoms with E-state index in [2.05, 4.69) is 0 Å². The third-order valence-corrected chi connectivity index (χ3v) is 16.5. The Morgan fingerprint density at radius 3 is 0.906 bits per heavy atom. The summed E-state index contributed by atoms with van der Waals surface area (Å²) < 4.78 is 7.93. The van der Waals surface area contributed by atoms with Crippen molar-refractivity contribution in [2.45, 2.75) is 190 Å². The standard InChI is InChI=1S/C30H56OSi/c1-4-13-21-28(22-14-5-1)32(31-27-19-11-10-12-20-27,29-23-15-6-2-7-16-24-29)30-25-17-8-3-9-18-26-30/h27-30H,1-26H2. The van der Waals surface area contributed by atoms with Gasteiger partial charge in [0.15, 0.2) is 0 Å². The molecule has 0 radical (unpaired) electrons. The molecule has 4 aliphatic carbocycles. The van der Waals surface area contributed by atoms with Crippen LogP contribution in [0.4, 0.5) is 0 Å². The van der Waals surface area contributed by atoms with Crippen LogP contribution in [0.5, 0.6) is 0 Å². The van der Waals surface area contributed by atoms with Crippen LogP contribution >= 0.6 is 0 Å². The highest BCUT2D eigenvalue weighted by Gasteiger charge is 2.54. The zero-order valence-corrected chi connectivity index (χ0v) is 22.6. The Morgan fingerprint density at radius 1 is 0.312 bits per heavy atom. The molecule has 186 valence electrons. The van der Waals surface area contributed by atoms with Crippen molar-refractivity contribution in [2.24, 2.45) is 0 Å². The summed E-state index contributed by atoms with van der Waals surface area (Å²) in [6.07, 6.45) is 39.5. The van der Waals surface area contributed by atoms with Crippen LogP contribution < -0.4 is 0 Å². The summed E-state index contributed by atoms with van der Waals surface area (Å²) >= 11 is 0. The molecule has 0 aromatic heterocycles. The number of hydrogen-bond donors (Lipinski definition) is 0. The number of hydrogen-bond acceptors (Lipinski definition) is 1. The van der Waals surface area contributed by atoms with E-state index < -0.39 is 8.32 Å². The maximum absolute atomic E-state index is 7.93. The van der Waals surface area contributed by atoms with Crippen molar-refractivity contribution in [3.05, 3.63) is 0 Å². The molecule has 2 heteroatoms. The highest BCUT2D eigenvalue weighted by atomic mass is 28.4. The maximum atomic E-state index is 7.93. The lowest BCUT2D eigenvalue weighted by molar-refractivity contribution is 0.121. The van der Waals surface area contributed by atoms with E-state index in [0.717, 1.165) is 16.6 Å². The fourth-order valence-electron chi connectivity index (χ4n) is 8.48. The average Bonchev–Trinajstić information content (AvgIpc) is 2.73. The first-order valence-electron chi connectivity index (χ1n) is 15.6. The lowest BCUT2D eigenvalue weighted by Crippen LogP contribution is -2.55. The van der Waals surface area contributed by atoms with Crippen LogP contribution in [0.15, 0.2) is 0 Å². The third-order valence-electron chi connectivity index (χ3n) is 10.2. The first-order chi connectivity index (χ1) is 15.9. The van der Waals surface area contributed by atoms with Gasteiger partial charge in [0.25, 0.3) is 0 Å². The van der Waals surface area contributed by atoms with Gasteiger partial charge >= 0.3 is 0 Å². The van der Waals surface area contributed by atoms with Crippen LogP contribution in [0, 0.1) is 0 Å². The topological polar surface area (TPSA) is 9.23 Å². The molecule has 4 saturated carbocycles. The monoisotopic (exact) mass is 460 g/mol. The SMILES string of the molecule is C1CCCC([Si](OC2CCCCC2)(C2CCCCCCC2)C2CCCCCCC2)CCC1. The van der Waals surface area contributed by atoms with Crippen LogP contribution in [0.25, 0.3) is 0 Å². The molecule has 0 aromatic carbocycles. The van der Waals surface area contributed by atoms with Crippen molar-refractivity contribution in [3.63, 3.8) is 0 Å². The second kappa shape index (κ2) is 13.9. The molecule has 0 atom stereocenters. The van der Waals surface area contributed by atoms with Gasteiger partial charge in [-0.25, -0.2) is 0 Å². The minimum Gasteiger partial charge on any atom is -0.413 e. The molecule has 0 N–H and O–H groups in total. The molecule has 32 heavy (non-hydrogen) atoms. The van der Waals surface area contributed by atoms with Gasteiger partial charge in [-0.15, -0.1) is 0 Å². The normalized spacial score (nSPS) is 28.1. The van der Waals surface area contributed by atoms with E-state index in [1.54, 1.807) is 0 Å². The second-order valence-electron chi connectivity index (χ2n) is 12.4. The molecule has 4 rings (SSSR count). The van der Waals surface area contributed by atoms with Crippen LogP contribution in [-0.4, -0.2) is 14.4 Å². The summed E-state index contributed by atoms with van der Waals surface area (Å²) in [6, 6.07) is 0. The first-order valence-corrected chi connectivity index (χ1v) is 17.7. The van der Waals surface area contributed by atoms with Crippen molar-refractivity contribution < 1.29 is 4.43 Å². The predicted molar refractivity (Wildman–Crippen MR) is 142 cm³/mol. The molecule has 0 bridgehead atoms. The highest BCUT2D eigenvalue weighted by molar-refractivity contribution is 6.78. The van der Waals surface area contributed by atoms with Crippen molar-refractivity contribution in [1.29, 1.82) is 0 Å². The average molecular weight is 461 g/mol. The quantitative estimate of drug-likeness (QED) is 0.371. The van der Waals surface area contributed by atoms with E-state index >= 15 is 0 Å². The second-order valence-corrected chi connectivity index (χ2v) is 16.7. The number of rotatable bonds is 5. The fraction of sp³-hybridized carbons (Fsp3) is 1.00. The van der Waals surface area contributed by atoms with Gasteiger partial charge in [-0.3, -0.25) is 0 Å². The van der Waals surface area contributed by atoms with Crippen LogP contribution in [0.2, 0.25) is 16.6 Å². The molecule has 0 aromatic rings. The van der Waals surface area contributed by atoms with Gasteiger partial charge in [0.2, 0.25) is 8.32 Å². The fourth-order valence-corrected chi connectivity index (χ4v) is 15.8. The zero-order chi connectivity index (χ0) is 21.9. The molecular formula is C30H56OSi. The van der Waals surface area contributed by atoms with Gasteiger partial charge in [-0.2, -0.15) is 0 Å². The van der Waals surface area contributed by atoms with E-state index in [4.69, 9.17) is 4.43 Å². The van der Waals surface area contributed by atoms with Crippen LogP contribution in [0.1, 0.15) is 167 Å².